The van der Waals surface area contributed by atoms with E-state index in [-0.39, 0.29) is 33.8 Å². The summed E-state index contributed by atoms with van der Waals surface area (Å²) in [5, 5.41) is 8.52. The largest absolute Gasteiger partial charge is 0.329 e. The minimum atomic E-state index is -3.51. The molecule has 0 bridgehead atoms. The van der Waals surface area contributed by atoms with Crippen LogP contribution in [0, 0.1) is 11.3 Å². The van der Waals surface area contributed by atoms with Crippen molar-refractivity contribution in [1.82, 2.24) is 0 Å². The molecule has 0 fully saturated rings. The lowest BCUT2D eigenvalue weighted by Gasteiger charge is -2.09. The highest BCUT2D eigenvalue weighted by Gasteiger charge is 2.18. The van der Waals surface area contributed by atoms with Gasteiger partial charge in [0.1, 0.15) is 0 Å². The second-order valence-electron chi connectivity index (χ2n) is 4.09. The molecule has 0 aliphatic heterocycles. The lowest BCUT2D eigenvalue weighted by Crippen LogP contribution is -2.26. The van der Waals surface area contributed by atoms with E-state index in [0.717, 1.165) is 0 Å². The highest BCUT2D eigenvalue weighted by molar-refractivity contribution is 7.93. The van der Waals surface area contributed by atoms with Gasteiger partial charge in [0.05, 0.1) is 22.3 Å². The molecule has 5 nitrogen and oxygen atoms in total. The SMILES string of the molecule is CC(CN)S(=O)CCS(=O)(=O)c1cccc(C#N)c1. The first kappa shape index (κ1) is 15.8. The molecule has 0 radical (unpaired) electrons. The van der Waals surface area contributed by atoms with E-state index in [1.54, 1.807) is 6.92 Å². The number of nitrogens with two attached hydrogens (primary N) is 1. The molecule has 1 aromatic carbocycles. The van der Waals surface area contributed by atoms with Gasteiger partial charge in [0.15, 0.2) is 9.84 Å². The van der Waals surface area contributed by atoms with Crippen LogP contribution in [0.1, 0.15) is 12.5 Å². The van der Waals surface area contributed by atoms with Crippen LogP contribution in [0.5, 0.6) is 0 Å². The van der Waals surface area contributed by atoms with Crippen molar-refractivity contribution in [3.05, 3.63) is 29.8 Å². The molecule has 0 spiro atoms. The zero-order valence-corrected chi connectivity index (χ0v) is 12.2. The molecular formula is C12H16N2O3S2. The lowest BCUT2D eigenvalue weighted by molar-refractivity contribution is 0.597. The Kier molecular flexibility index (Phi) is 5.66. The van der Waals surface area contributed by atoms with Gasteiger partial charge >= 0.3 is 0 Å². The van der Waals surface area contributed by atoms with Crippen LogP contribution < -0.4 is 5.73 Å². The Morgan fingerprint density at radius 3 is 2.74 bits per heavy atom. The van der Waals surface area contributed by atoms with Gasteiger partial charge in [-0.25, -0.2) is 8.42 Å². The van der Waals surface area contributed by atoms with Gasteiger partial charge in [-0.15, -0.1) is 0 Å². The average molecular weight is 300 g/mol. The number of nitriles is 1. The van der Waals surface area contributed by atoms with Crippen molar-refractivity contribution in [2.24, 2.45) is 5.73 Å². The van der Waals surface area contributed by atoms with E-state index < -0.39 is 20.6 Å². The van der Waals surface area contributed by atoms with Gasteiger partial charge in [-0.2, -0.15) is 5.26 Å². The highest BCUT2D eigenvalue weighted by atomic mass is 32.2. The van der Waals surface area contributed by atoms with Crippen LogP contribution in [-0.2, 0) is 20.6 Å². The van der Waals surface area contributed by atoms with Gasteiger partial charge in [-0.05, 0) is 25.1 Å². The van der Waals surface area contributed by atoms with E-state index in [1.807, 2.05) is 6.07 Å². The summed E-state index contributed by atoms with van der Waals surface area (Å²) in [4.78, 5) is 0.0870. The maximum Gasteiger partial charge on any atom is 0.179 e. The molecule has 0 heterocycles. The monoisotopic (exact) mass is 300 g/mol. The normalized spacial score (nSPS) is 14.6. The minimum Gasteiger partial charge on any atom is -0.329 e. The third kappa shape index (κ3) is 4.42. The van der Waals surface area contributed by atoms with Crippen LogP contribution in [0.25, 0.3) is 0 Å². The minimum absolute atomic E-state index is 0.0531. The van der Waals surface area contributed by atoms with E-state index in [1.165, 1.54) is 24.3 Å². The number of sulfone groups is 1. The lowest BCUT2D eigenvalue weighted by atomic mass is 10.2. The molecule has 0 aliphatic carbocycles. The standard InChI is InChI=1S/C12H16N2O3S2/c1-10(8-13)18(15)5-6-19(16,17)12-4-2-3-11(7-12)9-14/h2-4,7,10H,5-6,8,13H2,1H3. The van der Waals surface area contributed by atoms with Crippen LogP contribution in [0.3, 0.4) is 0 Å². The molecule has 1 rings (SSSR count). The van der Waals surface area contributed by atoms with Crippen LogP contribution in [0.15, 0.2) is 29.2 Å². The molecule has 19 heavy (non-hydrogen) atoms. The molecular weight excluding hydrogens is 284 g/mol. The first-order chi connectivity index (χ1) is 8.90. The Balaban J connectivity index is 2.82. The van der Waals surface area contributed by atoms with Crippen molar-refractivity contribution in [2.75, 3.05) is 18.1 Å². The molecule has 7 heteroatoms. The molecule has 104 valence electrons. The number of rotatable bonds is 6. The molecule has 2 N–H and O–H groups in total. The van der Waals surface area contributed by atoms with Crippen molar-refractivity contribution >= 4 is 20.6 Å². The van der Waals surface area contributed by atoms with E-state index in [4.69, 9.17) is 11.0 Å². The fraction of sp³-hybridized carbons (Fsp3) is 0.417. The molecule has 0 aromatic heterocycles. The topological polar surface area (TPSA) is 101 Å². The second-order valence-corrected chi connectivity index (χ2v) is 8.17. The third-order valence-corrected chi connectivity index (χ3v) is 6.32. The summed E-state index contributed by atoms with van der Waals surface area (Å²) in [6, 6.07) is 7.70. The number of hydrogen-bond donors (Lipinski definition) is 1. The Morgan fingerprint density at radius 1 is 1.47 bits per heavy atom. The Bertz CT molecular complexity index is 606. The summed E-state index contributed by atoms with van der Waals surface area (Å²) in [5.74, 6) is -0.156. The van der Waals surface area contributed by atoms with Crippen LogP contribution in [-0.4, -0.2) is 35.9 Å². The van der Waals surface area contributed by atoms with E-state index in [0.29, 0.717) is 0 Å². The van der Waals surface area contributed by atoms with Crippen LogP contribution in [0.2, 0.25) is 0 Å². The van der Waals surface area contributed by atoms with Gasteiger partial charge in [0.2, 0.25) is 0 Å². The molecule has 0 aliphatic rings. The zero-order chi connectivity index (χ0) is 14.5. The summed E-state index contributed by atoms with van der Waals surface area (Å²) in [6.45, 7) is 1.98. The zero-order valence-electron chi connectivity index (χ0n) is 10.6. The fourth-order valence-corrected chi connectivity index (χ4v) is 4.36. The summed E-state index contributed by atoms with van der Waals surface area (Å²) >= 11 is 0. The molecule has 1 aromatic rings. The number of hydrogen-bond acceptors (Lipinski definition) is 5. The van der Waals surface area contributed by atoms with Crippen molar-refractivity contribution in [3.8, 4) is 6.07 Å². The third-order valence-electron chi connectivity index (χ3n) is 2.66. The summed E-state index contributed by atoms with van der Waals surface area (Å²) < 4.78 is 35.8. The van der Waals surface area contributed by atoms with Crippen LogP contribution in [0.4, 0.5) is 0 Å². The Morgan fingerprint density at radius 2 is 2.16 bits per heavy atom. The van der Waals surface area contributed by atoms with Gasteiger partial charge in [-0.3, -0.25) is 4.21 Å². The molecule has 2 unspecified atom stereocenters. The predicted octanol–water partition coefficient (Wildman–Crippen LogP) is 0.428. The quantitative estimate of drug-likeness (QED) is 0.821. The van der Waals surface area contributed by atoms with Crippen molar-refractivity contribution in [2.45, 2.75) is 17.1 Å². The van der Waals surface area contributed by atoms with Gasteiger partial charge in [0, 0.05) is 28.3 Å². The maximum absolute atomic E-state index is 12.0. The Labute approximate surface area is 115 Å². The second kappa shape index (κ2) is 6.80. The summed E-state index contributed by atoms with van der Waals surface area (Å²) in [5.41, 5.74) is 5.67. The van der Waals surface area contributed by atoms with Crippen molar-refractivity contribution < 1.29 is 12.6 Å². The number of nitrogens with zero attached hydrogens (tertiary/aromatic N) is 1. The number of benzene rings is 1. The first-order valence-corrected chi connectivity index (χ1v) is 8.74. The Hall–Kier alpha value is -1.23. The van der Waals surface area contributed by atoms with Crippen LogP contribution >= 0.6 is 0 Å². The molecule has 0 saturated heterocycles. The smallest absolute Gasteiger partial charge is 0.179 e. The fourth-order valence-electron chi connectivity index (χ4n) is 1.38. The van der Waals surface area contributed by atoms with Crippen molar-refractivity contribution in [3.63, 3.8) is 0 Å². The first-order valence-electron chi connectivity index (χ1n) is 5.71. The summed E-state index contributed by atoms with van der Waals surface area (Å²) in [6.07, 6.45) is 0. The average Bonchev–Trinajstić information content (AvgIpc) is 2.43. The predicted molar refractivity (Wildman–Crippen MR) is 74.7 cm³/mol. The highest BCUT2D eigenvalue weighted by Crippen LogP contribution is 2.13. The van der Waals surface area contributed by atoms with Crippen molar-refractivity contribution in [1.29, 1.82) is 5.26 Å². The van der Waals surface area contributed by atoms with E-state index >= 15 is 0 Å². The summed E-state index contributed by atoms with van der Waals surface area (Å²) in [7, 11) is -4.78. The maximum atomic E-state index is 12.0. The molecule has 2 atom stereocenters. The van der Waals surface area contributed by atoms with E-state index in [9.17, 15) is 12.6 Å². The van der Waals surface area contributed by atoms with Gasteiger partial charge < -0.3 is 5.73 Å². The van der Waals surface area contributed by atoms with Gasteiger partial charge in [0.25, 0.3) is 0 Å². The molecule has 0 saturated carbocycles. The molecule has 0 amide bonds. The van der Waals surface area contributed by atoms with Gasteiger partial charge in [-0.1, -0.05) is 6.07 Å². The van der Waals surface area contributed by atoms with E-state index in [2.05, 4.69) is 0 Å².